The molecule has 1 aromatic carbocycles. The van der Waals surface area contributed by atoms with Crippen LogP contribution in [0.2, 0.25) is 0 Å². The second kappa shape index (κ2) is 7.79. The Hall–Kier alpha value is -2.60. The summed E-state index contributed by atoms with van der Waals surface area (Å²) in [6.45, 7) is 2.99. The zero-order valence-electron chi connectivity index (χ0n) is 13.7. The number of hydrogen-bond acceptors (Lipinski definition) is 5. The number of para-hydroxylation sites is 1. The topological polar surface area (TPSA) is 63.7 Å². The second-order valence-corrected chi connectivity index (χ2v) is 5.50. The Kier molecular flexibility index (Phi) is 5.28. The molecule has 0 atom stereocenters. The highest BCUT2D eigenvalue weighted by atomic mass is 16.5. The van der Waals surface area contributed by atoms with Crippen molar-refractivity contribution in [3.63, 3.8) is 0 Å². The predicted molar refractivity (Wildman–Crippen MR) is 91.3 cm³/mol. The largest absolute Gasteiger partial charge is 0.496 e. The molecule has 1 saturated heterocycles. The standard InChI is InChI=1S/C18H21N3O3/c1-23-17-5-3-2-4-14(17)13-20-15-6-7-19-16(12-15)18(22)21-8-10-24-11-9-21/h2-7,12H,8-11,13H2,1H3,(H,19,20). The number of anilines is 1. The minimum Gasteiger partial charge on any atom is -0.496 e. The van der Waals surface area contributed by atoms with Crippen LogP contribution in [0.25, 0.3) is 0 Å². The molecular weight excluding hydrogens is 306 g/mol. The van der Waals surface area contributed by atoms with Gasteiger partial charge in [-0.05, 0) is 18.2 Å². The molecule has 0 bridgehead atoms. The van der Waals surface area contributed by atoms with Crippen molar-refractivity contribution >= 4 is 11.6 Å². The summed E-state index contributed by atoms with van der Waals surface area (Å²) in [5.41, 5.74) is 2.35. The van der Waals surface area contributed by atoms with Gasteiger partial charge in [-0.1, -0.05) is 18.2 Å². The average Bonchev–Trinajstić information content (AvgIpc) is 2.67. The molecule has 0 radical (unpaired) electrons. The molecule has 2 aromatic rings. The third-order valence-electron chi connectivity index (χ3n) is 3.95. The van der Waals surface area contributed by atoms with Gasteiger partial charge in [-0.3, -0.25) is 9.78 Å². The van der Waals surface area contributed by atoms with E-state index in [1.54, 1.807) is 24.3 Å². The van der Waals surface area contributed by atoms with Gasteiger partial charge >= 0.3 is 0 Å². The molecule has 126 valence electrons. The van der Waals surface area contributed by atoms with Crippen LogP contribution in [0, 0.1) is 0 Å². The van der Waals surface area contributed by atoms with E-state index in [-0.39, 0.29) is 5.91 Å². The van der Waals surface area contributed by atoms with Crippen LogP contribution in [-0.4, -0.2) is 49.2 Å². The maximum atomic E-state index is 12.5. The first-order valence-electron chi connectivity index (χ1n) is 7.97. The van der Waals surface area contributed by atoms with Crippen molar-refractivity contribution in [2.45, 2.75) is 6.54 Å². The highest BCUT2D eigenvalue weighted by Gasteiger charge is 2.19. The quantitative estimate of drug-likeness (QED) is 0.912. The van der Waals surface area contributed by atoms with Crippen molar-refractivity contribution in [3.05, 3.63) is 53.9 Å². The molecular formula is C18H21N3O3. The molecule has 2 heterocycles. The van der Waals surface area contributed by atoms with E-state index in [1.807, 2.05) is 30.3 Å². The molecule has 0 unspecified atom stereocenters. The SMILES string of the molecule is COc1ccccc1CNc1ccnc(C(=O)N2CCOCC2)c1. The van der Waals surface area contributed by atoms with Gasteiger partial charge in [0.1, 0.15) is 11.4 Å². The summed E-state index contributed by atoms with van der Waals surface area (Å²) >= 11 is 0. The van der Waals surface area contributed by atoms with E-state index in [0.717, 1.165) is 17.0 Å². The molecule has 0 aliphatic carbocycles. The molecule has 1 fully saturated rings. The Morgan fingerprint density at radius 3 is 2.88 bits per heavy atom. The van der Waals surface area contributed by atoms with Gasteiger partial charge in [-0.2, -0.15) is 0 Å². The number of methoxy groups -OCH3 is 1. The second-order valence-electron chi connectivity index (χ2n) is 5.50. The maximum Gasteiger partial charge on any atom is 0.272 e. The van der Waals surface area contributed by atoms with Crippen LogP contribution in [-0.2, 0) is 11.3 Å². The first-order valence-corrected chi connectivity index (χ1v) is 7.97. The van der Waals surface area contributed by atoms with Crippen LogP contribution in [0.4, 0.5) is 5.69 Å². The number of carbonyl (C=O) groups is 1. The smallest absolute Gasteiger partial charge is 0.272 e. The molecule has 1 N–H and O–H groups in total. The van der Waals surface area contributed by atoms with Crippen LogP contribution >= 0.6 is 0 Å². The average molecular weight is 327 g/mol. The zero-order chi connectivity index (χ0) is 16.8. The fourth-order valence-electron chi connectivity index (χ4n) is 2.63. The number of ether oxygens (including phenoxy) is 2. The summed E-state index contributed by atoms with van der Waals surface area (Å²) in [6, 6.07) is 11.5. The van der Waals surface area contributed by atoms with Gasteiger partial charge in [0.2, 0.25) is 0 Å². The van der Waals surface area contributed by atoms with Crippen LogP contribution in [0.5, 0.6) is 5.75 Å². The van der Waals surface area contributed by atoms with Gasteiger partial charge in [-0.15, -0.1) is 0 Å². The summed E-state index contributed by atoms with van der Waals surface area (Å²) in [4.78, 5) is 18.5. The van der Waals surface area contributed by atoms with E-state index in [4.69, 9.17) is 9.47 Å². The number of rotatable bonds is 5. The number of aromatic nitrogens is 1. The van der Waals surface area contributed by atoms with Gasteiger partial charge in [-0.25, -0.2) is 0 Å². The van der Waals surface area contributed by atoms with Crippen molar-refractivity contribution in [1.82, 2.24) is 9.88 Å². The molecule has 1 aliphatic rings. The normalized spacial score (nSPS) is 14.3. The number of morpholine rings is 1. The van der Waals surface area contributed by atoms with Crippen LogP contribution < -0.4 is 10.1 Å². The molecule has 0 saturated carbocycles. The highest BCUT2D eigenvalue weighted by molar-refractivity contribution is 5.93. The lowest BCUT2D eigenvalue weighted by Crippen LogP contribution is -2.41. The Labute approximate surface area is 141 Å². The van der Waals surface area contributed by atoms with Gasteiger partial charge in [0.05, 0.1) is 20.3 Å². The van der Waals surface area contributed by atoms with Crippen molar-refractivity contribution in [2.24, 2.45) is 0 Å². The number of carbonyl (C=O) groups excluding carboxylic acids is 1. The fraction of sp³-hybridized carbons (Fsp3) is 0.333. The van der Waals surface area contributed by atoms with E-state index in [2.05, 4.69) is 10.3 Å². The van der Waals surface area contributed by atoms with E-state index in [1.165, 1.54) is 0 Å². The van der Waals surface area contributed by atoms with Crippen molar-refractivity contribution in [1.29, 1.82) is 0 Å². The van der Waals surface area contributed by atoms with E-state index in [9.17, 15) is 4.79 Å². The first kappa shape index (κ1) is 16.3. The number of nitrogens with one attached hydrogen (secondary N) is 1. The summed E-state index contributed by atoms with van der Waals surface area (Å²) in [5, 5.41) is 3.32. The molecule has 0 spiro atoms. The van der Waals surface area contributed by atoms with E-state index in [0.29, 0.717) is 38.5 Å². The Morgan fingerprint density at radius 2 is 2.08 bits per heavy atom. The fourth-order valence-corrected chi connectivity index (χ4v) is 2.63. The van der Waals surface area contributed by atoms with Crippen molar-refractivity contribution in [3.8, 4) is 5.75 Å². The lowest BCUT2D eigenvalue weighted by atomic mass is 10.2. The Bertz CT molecular complexity index is 699. The number of nitrogens with zero attached hydrogens (tertiary/aromatic N) is 2. The molecule has 3 rings (SSSR count). The molecule has 6 nitrogen and oxygen atoms in total. The highest BCUT2D eigenvalue weighted by Crippen LogP contribution is 2.19. The van der Waals surface area contributed by atoms with Crippen molar-refractivity contribution in [2.75, 3.05) is 38.7 Å². The lowest BCUT2D eigenvalue weighted by Gasteiger charge is -2.26. The van der Waals surface area contributed by atoms with Gasteiger partial charge < -0.3 is 19.7 Å². The summed E-state index contributed by atoms with van der Waals surface area (Å²) < 4.78 is 10.6. The molecule has 1 amide bonds. The zero-order valence-corrected chi connectivity index (χ0v) is 13.7. The van der Waals surface area contributed by atoms with Gasteiger partial charge in [0, 0.05) is 37.1 Å². The van der Waals surface area contributed by atoms with Crippen LogP contribution in [0.3, 0.4) is 0 Å². The first-order chi connectivity index (χ1) is 11.8. The minimum absolute atomic E-state index is 0.0563. The number of amides is 1. The molecule has 1 aliphatic heterocycles. The summed E-state index contributed by atoms with van der Waals surface area (Å²) in [5.74, 6) is 0.780. The number of pyridine rings is 1. The maximum absolute atomic E-state index is 12.5. The molecule has 1 aromatic heterocycles. The predicted octanol–water partition coefficient (Wildman–Crippen LogP) is 2.17. The Morgan fingerprint density at radius 1 is 1.29 bits per heavy atom. The van der Waals surface area contributed by atoms with Crippen LogP contribution in [0.15, 0.2) is 42.6 Å². The monoisotopic (exact) mass is 327 g/mol. The third-order valence-corrected chi connectivity index (χ3v) is 3.95. The van der Waals surface area contributed by atoms with Gasteiger partial charge in [0.25, 0.3) is 5.91 Å². The van der Waals surface area contributed by atoms with Gasteiger partial charge in [0.15, 0.2) is 0 Å². The minimum atomic E-state index is -0.0563. The van der Waals surface area contributed by atoms with Crippen LogP contribution in [0.1, 0.15) is 16.1 Å². The lowest BCUT2D eigenvalue weighted by molar-refractivity contribution is 0.0299. The summed E-state index contributed by atoms with van der Waals surface area (Å²) in [7, 11) is 1.66. The van der Waals surface area contributed by atoms with E-state index >= 15 is 0 Å². The van der Waals surface area contributed by atoms with E-state index < -0.39 is 0 Å². The molecule has 24 heavy (non-hydrogen) atoms. The molecule has 6 heteroatoms. The summed E-state index contributed by atoms with van der Waals surface area (Å²) in [6.07, 6.45) is 1.65. The Balaban J connectivity index is 1.67. The number of benzene rings is 1. The van der Waals surface area contributed by atoms with Crippen molar-refractivity contribution < 1.29 is 14.3 Å². The number of hydrogen-bond donors (Lipinski definition) is 1. The third kappa shape index (κ3) is 3.83.